The van der Waals surface area contributed by atoms with Gasteiger partial charge in [-0.05, 0) is 31.2 Å². The Labute approximate surface area is 89.4 Å². The highest BCUT2D eigenvalue weighted by molar-refractivity contribution is 5.09. The minimum atomic E-state index is 0.526. The summed E-state index contributed by atoms with van der Waals surface area (Å²) in [4.78, 5) is 4.41. The second kappa shape index (κ2) is 3.30. The van der Waals surface area contributed by atoms with Crippen LogP contribution >= 0.6 is 0 Å². The highest BCUT2D eigenvalue weighted by atomic mass is 16.5. The smallest absolute Gasteiger partial charge is 0.229 e. The van der Waals surface area contributed by atoms with Gasteiger partial charge in [0, 0.05) is 18.9 Å². The molecule has 1 aromatic rings. The maximum atomic E-state index is 5.28. The first-order chi connectivity index (χ1) is 7.31. The average Bonchev–Trinajstić information content (AvgIpc) is 2.84. The second-order valence-corrected chi connectivity index (χ2v) is 4.93. The molecule has 1 spiro atoms. The summed E-state index contributed by atoms with van der Waals surface area (Å²) in [5, 5.41) is 7.39. The zero-order valence-electron chi connectivity index (χ0n) is 9.12. The summed E-state index contributed by atoms with van der Waals surface area (Å²) in [5.74, 6) is 2.23. The van der Waals surface area contributed by atoms with Crippen LogP contribution in [0.15, 0.2) is 4.52 Å². The van der Waals surface area contributed by atoms with Gasteiger partial charge in [0.2, 0.25) is 5.89 Å². The zero-order chi connectivity index (χ0) is 10.3. The van der Waals surface area contributed by atoms with E-state index in [1.807, 2.05) is 0 Å². The first-order valence-electron chi connectivity index (χ1n) is 5.84. The molecule has 2 aliphatic rings. The third-order valence-electron chi connectivity index (χ3n) is 3.84. The Bertz CT molecular complexity index is 346. The van der Waals surface area contributed by atoms with Crippen molar-refractivity contribution in [3.63, 3.8) is 0 Å². The van der Waals surface area contributed by atoms with Gasteiger partial charge >= 0.3 is 0 Å². The van der Waals surface area contributed by atoms with Gasteiger partial charge in [-0.1, -0.05) is 12.1 Å². The maximum Gasteiger partial charge on any atom is 0.229 e. The predicted octanol–water partition coefficient (Wildman–Crippen LogP) is 1.49. The Balaban J connectivity index is 1.66. The van der Waals surface area contributed by atoms with E-state index in [4.69, 9.17) is 4.52 Å². The average molecular weight is 207 g/mol. The number of aryl methyl sites for hydroxylation is 1. The largest absolute Gasteiger partial charge is 0.339 e. The summed E-state index contributed by atoms with van der Waals surface area (Å²) in [5.41, 5.74) is 0.561. The number of hydrogen-bond donors (Lipinski definition) is 1. The Morgan fingerprint density at radius 1 is 1.53 bits per heavy atom. The van der Waals surface area contributed by atoms with Crippen LogP contribution in [-0.4, -0.2) is 23.2 Å². The molecule has 0 atom stereocenters. The van der Waals surface area contributed by atoms with E-state index in [0.29, 0.717) is 11.3 Å². The molecule has 1 saturated heterocycles. The van der Waals surface area contributed by atoms with Crippen molar-refractivity contribution in [2.75, 3.05) is 13.1 Å². The van der Waals surface area contributed by atoms with Gasteiger partial charge in [-0.3, -0.25) is 0 Å². The molecule has 15 heavy (non-hydrogen) atoms. The van der Waals surface area contributed by atoms with Crippen molar-refractivity contribution in [1.82, 2.24) is 15.5 Å². The molecule has 4 nitrogen and oxygen atoms in total. The molecule has 1 aromatic heterocycles. The van der Waals surface area contributed by atoms with Gasteiger partial charge in [0.1, 0.15) is 0 Å². The van der Waals surface area contributed by atoms with Crippen molar-refractivity contribution in [2.24, 2.45) is 5.41 Å². The molecule has 1 N–H and O–H groups in total. The lowest BCUT2D eigenvalue weighted by atomic mass is 9.61. The number of hydrogen-bond acceptors (Lipinski definition) is 4. The fourth-order valence-electron chi connectivity index (χ4n) is 2.88. The first-order valence-corrected chi connectivity index (χ1v) is 5.84. The van der Waals surface area contributed by atoms with Crippen LogP contribution in [0.2, 0.25) is 0 Å². The summed E-state index contributed by atoms with van der Waals surface area (Å²) in [6, 6.07) is 0. The van der Waals surface area contributed by atoms with Crippen LogP contribution < -0.4 is 5.32 Å². The van der Waals surface area contributed by atoms with Crippen LogP contribution in [0.25, 0.3) is 0 Å². The molecule has 82 valence electrons. The van der Waals surface area contributed by atoms with Crippen molar-refractivity contribution in [2.45, 2.75) is 38.5 Å². The van der Waals surface area contributed by atoms with E-state index in [1.54, 1.807) is 0 Å². The standard InChI is InChI=1S/C11H17N3O/c1-2-9-13-10(15-14-9)8-5-11(6-8)3-4-12-7-11/h8,12H,2-7H2,1H3. The maximum absolute atomic E-state index is 5.28. The molecule has 2 fully saturated rings. The minimum absolute atomic E-state index is 0.526. The van der Waals surface area contributed by atoms with Crippen LogP contribution in [0.3, 0.4) is 0 Å². The molecule has 0 bridgehead atoms. The van der Waals surface area contributed by atoms with Crippen LogP contribution in [0.1, 0.15) is 43.8 Å². The van der Waals surface area contributed by atoms with Gasteiger partial charge in [0.25, 0.3) is 0 Å². The van der Waals surface area contributed by atoms with Gasteiger partial charge in [-0.2, -0.15) is 4.98 Å². The first kappa shape index (κ1) is 9.33. The van der Waals surface area contributed by atoms with E-state index in [-0.39, 0.29) is 0 Å². The molecular weight excluding hydrogens is 190 g/mol. The van der Waals surface area contributed by atoms with Crippen molar-refractivity contribution in [3.8, 4) is 0 Å². The summed E-state index contributed by atoms with van der Waals surface area (Å²) < 4.78 is 5.28. The molecule has 1 aliphatic carbocycles. The lowest BCUT2D eigenvalue weighted by Gasteiger charge is -2.42. The lowest BCUT2D eigenvalue weighted by Crippen LogP contribution is -2.37. The van der Waals surface area contributed by atoms with Crippen LogP contribution in [-0.2, 0) is 6.42 Å². The Kier molecular flexibility index (Phi) is 2.06. The minimum Gasteiger partial charge on any atom is -0.339 e. The summed E-state index contributed by atoms with van der Waals surface area (Å²) in [6.45, 7) is 4.41. The van der Waals surface area contributed by atoms with E-state index in [2.05, 4.69) is 22.4 Å². The van der Waals surface area contributed by atoms with E-state index < -0.39 is 0 Å². The highest BCUT2D eigenvalue weighted by Gasteiger charge is 2.48. The van der Waals surface area contributed by atoms with Gasteiger partial charge in [-0.25, -0.2) is 0 Å². The van der Waals surface area contributed by atoms with Crippen molar-refractivity contribution in [1.29, 1.82) is 0 Å². The van der Waals surface area contributed by atoms with E-state index in [0.717, 1.165) is 18.1 Å². The molecule has 2 heterocycles. The summed E-state index contributed by atoms with van der Waals surface area (Å²) in [6.07, 6.45) is 4.64. The van der Waals surface area contributed by atoms with Gasteiger partial charge in [0.15, 0.2) is 5.82 Å². The fraction of sp³-hybridized carbons (Fsp3) is 0.818. The highest BCUT2D eigenvalue weighted by Crippen LogP contribution is 2.53. The molecule has 3 rings (SSSR count). The predicted molar refractivity (Wildman–Crippen MR) is 55.6 cm³/mol. The Hall–Kier alpha value is -0.900. The molecule has 1 aliphatic heterocycles. The fourth-order valence-corrected chi connectivity index (χ4v) is 2.88. The zero-order valence-corrected chi connectivity index (χ0v) is 9.12. The van der Waals surface area contributed by atoms with Crippen LogP contribution in [0.4, 0.5) is 0 Å². The quantitative estimate of drug-likeness (QED) is 0.798. The second-order valence-electron chi connectivity index (χ2n) is 4.93. The Morgan fingerprint density at radius 3 is 3.00 bits per heavy atom. The molecule has 0 radical (unpaired) electrons. The van der Waals surface area contributed by atoms with Crippen molar-refractivity contribution >= 4 is 0 Å². The third-order valence-corrected chi connectivity index (χ3v) is 3.84. The monoisotopic (exact) mass is 207 g/mol. The molecular formula is C11H17N3O. The van der Waals surface area contributed by atoms with E-state index >= 15 is 0 Å². The molecule has 0 amide bonds. The molecule has 0 unspecified atom stereocenters. The normalized spacial score (nSPS) is 34.6. The van der Waals surface area contributed by atoms with Crippen LogP contribution in [0.5, 0.6) is 0 Å². The topological polar surface area (TPSA) is 51.0 Å². The summed E-state index contributed by atoms with van der Waals surface area (Å²) >= 11 is 0. The molecule has 4 heteroatoms. The Morgan fingerprint density at radius 2 is 2.40 bits per heavy atom. The number of nitrogens with zero attached hydrogens (tertiary/aromatic N) is 2. The molecule has 0 aromatic carbocycles. The SMILES string of the molecule is CCc1noc(C2CC3(CCNC3)C2)n1. The van der Waals surface area contributed by atoms with E-state index in [1.165, 1.54) is 32.4 Å². The van der Waals surface area contributed by atoms with Crippen LogP contribution in [0, 0.1) is 5.41 Å². The van der Waals surface area contributed by atoms with Gasteiger partial charge in [0.05, 0.1) is 0 Å². The van der Waals surface area contributed by atoms with Gasteiger partial charge < -0.3 is 9.84 Å². The number of nitrogens with one attached hydrogen (secondary N) is 1. The summed E-state index contributed by atoms with van der Waals surface area (Å²) in [7, 11) is 0. The van der Waals surface area contributed by atoms with Gasteiger partial charge in [-0.15, -0.1) is 0 Å². The molecule has 1 saturated carbocycles. The van der Waals surface area contributed by atoms with E-state index in [9.17, 15) is 0 Å². The van der Waals surface area contributed by atoms with Crippen molar-refractivity contribution < 1.29 is 4.52 Å². The number of aromatic nitrogens is 2. The number of rotatable bonds is 2. The third kappa shape index (κ3) is 1.47. The van der Waals surface area contributed by atoms with Crippen molar-refractivity contribution in [3.05, 3.63) is 11.7 Å². The lowest BCUT2D eigenvalue weighted by molar-refractivity contribution is 0.104.